The largest absolute Gasteiger partial charge is 0.494 e. The van der Waals surface area contributed by atoms with Crippen molar-refractivity contribution in [1.29, 1.82) is 0 Å². The fourth-order valence-electron chi connectivity index (χ4n) is 2.97. The Morgan fingerprint density at radius 1 is 1.03 bits per heavy atom. The minimum atomic E-state index is -3.67. The summed E-state index contributed by atoms with van der Waals surface area (Å²) in [7, 11) is -3.67. The fraction of sp³-hybridized carbons (Fsp3) is 0.409. The zero-order chi connectivity index (χ0) is 21.3. The minimum absolute atomic E-state index is 0.0323. The fourth-order valence-corrected chi connectivity index (χ4v) is 4.00. The van der Waals surface area contributed by atoms with Crippen LogP contribution in [0.1, 0.15) is 45.2 Å². The van der Waals surface area contributed by atoms with Gasteiger partial charge in [-0.25, -0.2) is 13.1 Å². The van der Waals surface area contributed by atoms with Gasteiger partial charge >= 0.3 is 0 Å². The van der Waals surface area contributed by atoms with E-state index in [4.69, 9.17) is 4.74 Å². The minimum Gasteiger partial charge on any atom is -0.494 e. The van der Waals surface area contributed by atoms with E-state index in [2.05, 4.69) is 23.9 Å². The molecule has 6 nitrogen and oxygen atoms in total. The van der Waals surface area contributed by atoms with Crippen LogP contribution in [-0.4, -0.2) is 27.5 Å². The van der Waals surface area contributed by atoms with E-state index in [0.717, 1.165) is 12.0 Å². The Hall–Kier alpha value is -2.38. The first-order chi connectivity index (χ1) is 13.8. The van der Waals surface area contributed by atoms with Gasteiger partial charge in [-0.1, -0.05) is 44.2 Å². The Morgan fingerprint density at radius 2 is 1.69 bits per heavy atom. The molecule has 2 aromatic carbocycles. The van der Waals surface area contributed by atoms with Crippen LogP contribution in [0.4, 0.5) is 0 Å². The van der Waals surface area contributed by atoms with Gasteiger partial charge in [0, 0.05) is 13.0 Å². The van der Waals surface area contributed by atoms with Crippen LogP contribution in [-0.2, 0) is 14.8 Å². The monoisotopic (exact) mass is 418 g/mol. The number of amides is 1. The molecular formula is C22H30N2O4S. The molecule has 0 fully saturated rings. The van der Waals surface area contributed by atoms with Crippen molar-refractivity contribution in [1.82, 2.24) is 10.0 Å². The molecule has 7 heteroatoms. The highest BCUT2D eigenvalue weighted by molar-refractivity contribution is 7.89. The zero-order valence-corrected chi connectivity index (χ0v) is 18.0. The highest BCUT2D eigenvalue weighted by Gasteiger charge is 2.18. The van der Waals surface area contributed by atoms with Crippen LogP contribution in [0.3, 0.4) is 0 Å². The quantitative estimate of drug-likeness (QED) is 0.583. The molecule has 0 spiro atoms. The molecule has 0 aliphatic carbocycles. The Bertz CT molecular complexity index is 865. The molecule has 2 N–H and O–H groups in total. The standard InChI is InChI=1S/C22H30N2O4S/c1-4-28-19-10-12-20(13-11-19)29(26,27)23-15-14-22(25)24-21(16-17(2)3)18-8-6-5-7-9-18/h5-13,17,21,23H,4,14-16H2,1-3H3,(H,24,25). The van der Waals surface area contributed by atoms with Crippen molar-refractivity contribution in [2.75, 3.05) is 13.2 Å². The predicted octanol–water partition coefficient (Wildman–Crippen LogP) is 3.66. The third-order valence-electron chi connectivity index (χ3n) is 4.33. The van der Waals surface area contributed by atoms with E-state index in [-0.39, 0.29) is 29.8 Å². The van der Waals surface area contributed by atoms with Gasteiger partial charge in [0.1, 0.15) is 5.75 Å². The lowest BCUT2D eigenvalue weighted by Gasteiger charge is -2.21. The van der Waals surface area contributed by atoms with Crippen molar-refractivity contribution in [3.8, 4) is 5.75 Å². The van der Waals surface area contributed by atoms with Gasteiger partial charge in [0.25, 0.3) is 0 Å². The number of hydrogen-bond donors (Lipinski definition) is 2. The Balaban J connectivity index is 1.90. The Labute approximate surface area is 173 Å². The summed E-state index contributed by atoms with van der Waals surface area (Å²) in [5, 5.41) is 3.02. The van der Waals surface area contributed by atoms with E-state index in [1.807, 2.05) is 37.3 Å². The number of carbonyl (C=O) groups is 1. The van der Waals surface area contributed by atoms with E-state index < -0.39 is 10.0 Å². The summed E-state index contributed by atoms with van der Waals surface area (Å²) in [6.45, 7) is 6.62. The van der Waals surface area contributed by atoms with E-state index in [0.29, 0.717) is 18.3 Å². The lowest BCUT2D eigenvalue weighted by atomic mass is 9.97. The van der Waals surface area contributed by atoms with Crippen LogP contribution >= 0.6 is 0 Å². The van der Waals surface area contributed by atoms with Crippen molar-refractivity contribution in [2.24, 2.45) is 5.92 Å². The van der Waals surface area contributed by atoms with Crippen LogP contribution in [0.25, 0.3) is 0 Å². The van der Waals surface area contributed by atoms with Crippen molar-refractivity contribution in [3.05, 3.63) is 60.2 Å². The smallest absolute Gasteiger partial charge is 0.240 e. The third-order valence-corrected chi connectivity index (χ3v) is 5.81. The summed E-state index contributed by atoms with van der Waals surface area (Å²) in [6, 6.07) is 15.9. The molecule has 29 heavy (non-hydrogen) atoms. The van der Waals surface area contributed by atoms with Gasteiger partial charge in [0.05, 0.1) is 17.5 Å². The van der Waals surface area contributed by atoms with E-state index >= 15 is 0 Å². The number of carbonyl (C=O) groups excluding carboxylic acids is 1. The highest BCUT2D eigenvalue weighted by Crippen LogP contribution is 2.21. The van der Waals surface area contributed by atoms with Crippen LogP contribution in [0.2, 0.25) is 0 Å². The number of hydrogen-bond acceptors (Lipinski definition) is 4. The summed E-state index contributed by atoms with van der Waals surface area (Å²) >= 11 is 0. The van der Waals surface area contributed by atoms with Crippen molar-refractivity contribution in [2.45, 2.75) is 44.6 Å². The van der Waals surface area contributed by atoms with Gasteiger partial charge in [-0.15, -0.1) is 0 Å². The van der Waals surface area contributed by atoms with Gasteiger partial charge in [0.2, 0.25) is 15.9 Å². The Morgan fingerprint density at radius 3 is 2.28 bits per heavy atom. The summed E-state index contributed by atoms with van der Waals surface area (Å²) in [5.41, 5.74) is 1.05. The van der Waals surface area contributed by atoms with Gasteiger partial charge in [-0.3, -0.25) is 4.79 Å². The second-order valence-corrected chi connectivity index (χ2v) is 8.98. The van der Waals surface area contributed by atoms with Crippen LogP contribution in [0.5, 0.6) is 5.75 Å². The maximum absolute atomic E-state index is 12.4. The average Bonchev–Trinajstić information content (AvgIpc) is 2.68. The molecule has 0 aliphatic heterocycles. The average molecular weight is 419 g/mol. The SMILES string of the molecule is CCOc1ccc(S(=O)(=O)NCCC(=O)NC(CC(C)C)c2ccccc2)cc1. The van der Waals surface area contributed by atoms with Crippen molar-refractivity contribution in [3.63, 3.8) is 0 Å². The molecule has 0 aliphatic rings. The first-order valence-electron chi connectivity index (χ1n) is 9.88. The molecule has 0 bridgehead atoms. The molecule has 1 unspecified atom stereocenters. The van der Waals surface area contributed by atoms with E-state index in [9.17, 15) is 13.2 Å². The van der Waals surface area contributed by atoms with Crippen LogP contribution in [0, 0.1) is 5.92 Å². The molecule has 0 heterocycles. The molecule has 1 amide bonds. The summed E-state index contributed by atoms with van der Waals surface area (Å²) in [4.78, 5) is 12.5. The topological polar surface area (TPSA) is 84.5 Å². The number of ether oxygens (including phenoxy) is 1. The lowest BCUT2D eigenvalue weighted by molar-refractivity contribution is -0.121. The second-order valence-electron chi connectivity index (χ2n) is 7.21. The van der Waals surface area contributed by atoms with E-state index in [1.165, 1.54) is 12.1 Å². The summed E-state index contributed by atoms with van der Waals surface area (Å²) in [5.74, 6) is 0.843. The van der Waals surface area contributed by atoms with Crippen LogP contribution < -0.4 is 14.8 Å². The number of rotatable bonds is 11. The maximum Gasteiger partial charge on any atom is 0.240 e. The van der Waals surface area contributed by atoms with Crippen molar-refractivity contribution >= 4 is 15.9 Å². The van der Waals surface area contributed by atoms with Gasteiger partial charge < -0.3 is 10.1 Å². The molecule has 2 rings (SSSR count). The lowest BCUT2D eigenvalue weighted by Crippen LogP contribution is -2.33. The molecule has 158 valence electrons. The molecule has 0 aromatic heterocycles. The highest BCUT2D eigenvalue weighted by atomic mass is 32.2. The second kappa shape index (κ2) is 11.0. The maximum atomic E-state index is 12.4. The molecular weight excluding hydrogens is 388 g/mol. The van der Waals surface area contributed by atoms with E-state index in [1.54, 1.807) is 12.1 Å². The molecule has 0 radical (unpaired) electrons. The summed E-state index contributed by atoms with van der Waals surface area (Å²) in [6.07, 6.45) is 0.880. The third kappa shape index (κ3) is 7.51. The molecule has 2 aromatic rings. The first kappa shape index (κ1) is 22.9. The number of benzene rings is 2. The molecule has 0 saturated heterocycles. The van der Waals surface area contributed by atoms with Crippen molar-refractivity contribution < 1.29 is 17.9 Å². The zero-order valence-electron chi connectivity index (χ0n) is 17.2. The molecule has 0 saturated carbocycles. The normalized spacial score (nSPS) is 12.6. The molecule has 1 atom stereocenters. The number of sulfonamides is 1. The predicted molar refractivity (Wildman–Crippen MR) is 114 cm³/mol. The number of nitrogens with one attached hydrogen (secondary N) is 2. The van der Waals surface area contributed by atoms with Gasteiger partial charge in [-0.2, -0.15) is 0 Å². The van der Waals surface area contributed by atoms with Crippen LogP contribution in [0.15, 0.2) is 59.5 Å². The van der Waals surface area contributed by atoms with Gasteiger partial charge in [0.15, 0.2) is 0 Å². The Kier molecular flexibility index (Phi) is 8.67. The first-order valence-corrected chi connectivity index (χ1v) is 11.4. The van der Waals surface area contributed by atoms with Gasteiger partial charge in [-0.05, 0) is 49.1 Å². The summed E-state index contributed by atoms with van der Waals surface area (Å²) < 4.78 is 32.6.